The van der Waals surface area contributed by atoms with E-state index >= 15 is 0 Å². The van der Waals surface area contributed by atoms with Gasteiger partial charge in [0.05, 0.1) is 32.7 Å². The Labute approximate surface area is 364 Å². The summed E-state index contributed by atoms with van der Waals surface area (Å²) in [5, 5.41) is 1.50. The molecule has 0 fully saturated rings. The molecule has 0 N–H and O–H groups in total. The van der Waals surface area contributed by atoms with Crippen LogP contribution in [0.3, 0.4) is 0 Å². The first-order chi connectivity index (χ1) is 30.4. The van der Waals surface area contributed by atoms with Crippen LogP contribution < -0.4 is 16.9 Å². The van der Waals surface area contributed by atoms with Crippen LogP contribution in [0, 0.1) is 41.5 Å². The largest absolute Gasteiger partial charge is 0.404 e. The second-order valence-electron chi connectivity index (χ2n) is 15.1. The van der Waals surface area contributed by atoms with Crippen molar-refractivity contribution in [1.29, 1.82) is 0 Å². The van der Waals surface area contributed by atoms with Gasteiger partial charge >= 0.3 is 16.9 Å². The van der Waals surface area contributed by atoms with Crippen molar-refractivity contribution >= 4 is 69.2 Å². The molecule has 0 saturated heterocycles. The zero-order valence-electron chi connectivity index (χ0n) is 35.9. The third kappa shape index (κ3) is 11.0. The maximum Gasteiger partial charge on any atom is 0.347 e. The summed E-state index contributed by atoms with van der Waals surface area (Å²) >= 11 is 0. The van der Waals surface area contributed by atoms with E-state index in [4.69, 9.17) is 13.3 Å². The highest BCUT2D eigenvalue weighted by Gasteiger charge is 2.06. The lowest BCUT2D eigenvalue weighted by atomic mass is 10.1. The Balaban J connectivity index is 0.000000142. The summed E-state index contributed by atoms with van der Waals surface area (Å²) in [6, 6.07) is 40.1. The van der Waals surface area contributed by atoms with E-state index in [2.05, 4.69) is 92.9 Å². The Kier molecular flexibility index (Phi) is 13.4. The van der Waals surface area contributed by atoms with E-state index in [0.717, 1.165) is 16.7 Å². The third-order valence-corrected chi connectivity index (χ3v) is 10.5. The van der Waals surface area contributed by atoms with Crippen molar-refractivity contribution in [2.24, 2.45) is 0 Å². The predicted octanol–water partition coefficient (Wildman–Crippen LogP) is 11.9. The molecular formula is C54H45N3O6. The molecule has 63 heavy (non-hydrogen) atoms. The fraction of sp³-hybridized carbons (Fsp3) is 0.111. The summed E-state index contributed by atoms with van der Waals surface area (Å²) in [5.41, 5.74) is 11.5. The third-order valence-electron chi connectivity index (χ3n) is 10.5. The van der Waals surface area contributed by atoms with Crippen LogP contribution in [0.4, 0.5) is 0 Å². The van der Waals surface area contributed by atoms with Gasteiger partial charge in [0.1, 0.15) is 0 Å². The average molecular weight is 832 g/mol. The van der Waals surface area contributed by atoms with Crippen LogP contribution in [-0.4, -0.2) is 15.0 Å². The van der Waals surface area contributed by atoms with Crippen LogP contribution in [0.15, 0.2) is 155 Å². The maximum atomic E-state index is 11.9. The van der Waals surface area contributed by atoms with Gasteiger partial charge in [-0.25, -0.2) is 29.3 Å². The van der Waals surface area contributed by atoms with Gasteiger partial charge in [0, 0.05) is 18.2 Å². The minimum atomic E-state index is -0.361. The highest BCUT2D eigenvalue weighted by molar-refractivity contribution is 5.80. The van der Waals surface area contributed by atoms with Gasteiger partial charge in [-0.3, -0.25) is 0 Å². The number of rotatable bonds is 6. The lowest BCUT2D eigenvalue weighted by molar-refractivity contribution is 0.490. The predicted molar refractivity (Wildman–Crippen MR) is 255 cm³/mol. The molecule has 3 heterocycles. The molecule has 0 spiro atoms. The van der Waals surface area contributed by atoms with E-state index in [1.54, 1.807) is 72.8 Å². The number of hydrogen-bond acceptors (Lipinski definition) is 9. The molecule has 0 aliphatic rings. The first-order valence-corrected chi connectivity index (χ1v) is 20.4. The highest BCUT2D eigenvalue weighted by Crippen LogP contribution is 2.17. The van der Waals surface area contributed by atoms with Crippen molar-refractivity contribution in [2.75, 3.05) is 0 Å². The smallest absolute Gasteiger partial charge is 0.347 e. The summed E-state index contributed by atoms with van der Waals surface area (Å²) in [6.45, 7) is 12.4. The van der Waals surface area contributed by atoms with E-state index in [9.17, 15) is 14.4 Å². The van der Waals surface area contributed by atoms with Gasteiger partial charge in [-0.15, -0.1) is 0 Å². The van der Waals surface area contributed by atoms with E-state index < -0.39 is 0 Å². The first kappa shape index (κ1) is 43.1. The molecule has 6 aromatic carbocycles. The highest BCUT2D eigenvalue weighted by atomic mass is 16.4. The van der Waals surface area contributed by atoms with Crippen LogP contribution in [0.5, 0.6) is 0 Å². The van der Waals surface area contributed by atoms with Gasteiger partial charge in [-0.2, -0.15) is 0 Å². The first-order valence-electron chi connectivity index (χ1n) is 20.4. The van der Waals surface area contributed by atoms with Gasteiger partial charge in [0.25, 0.3) is 0 Å². The minimum Gasteiger partial charge on any atom is -0.404 e. The number of para-hydroxylation sites is 3. The van der Waals surface area contributed by atoms with Crippen molar-refractivity contribution in [2.45, 2.75) is 41.5 Å². The molecule has 9 nitrogen and oxygen atoms in total. The molecular weight excluding hydrogens is 787 g/mol. The molecule has 0 unspecified atom stereocenters. The number of hydrogen-bond donors (Lipinski definition) is 0. The monoisotopic (exact) mass is 831 g/mol. The van der Waals surface area contributed by atoms with Gasteiger partial charge in [-0.05, 0) is 146 Å². The summed E-state index contributed by atoms with van der Waals surface area (Å²) in [5.74, 6) is 0.950. The van der Waals surface area contributed by atoms with Crippen molar-refractivity contribution in [1.82, 2.24) is 15.0 Å². The van der Waals surface area contributed by atoms with Crippen molar-refractivity contribution in [3.05, 3.63) is 226 Å². The molecule has 0 amide bonds. The molecule has 0 aliphatic heterocycles. The van der Waals surface area contributed by atoms with Gasteiger partial charge in [-0.1, -0.05) is 91.0 Å². The molecule has 312 valence electrons. The summed E-state index contributed by atoms with van der Waals surface area (Å²) in [4.78, 5) is 48.6. The quantitative estimate of drug-likeness (QED) is 0.161. The zero-order valence-corrected chi connectivity index (χ0v) is 35.9. The van der Waals surface area contributed by atoms with Crippen molar-refractivity contribution in [3.8, 4) is 0 Å². The normalized spacial score (nSPS) is 11.3. The van der Waals surface area contributed by atoms with E-state index in [1.165, 1.54) is 33.4 Å². The second-order valence-corrected chi connectivity index (χ2v) is 15.1. The van der Waals surface area contributed by atoms with E-state index in [1.807, 2.05) is 54.6 Å². The lowest BCUT2D eigenvalue weighted by Crippen LogP contribution is -2.02. The van der Waals surface area contributed by atoms with Crippen LogP contribution >= 0.6 is 0 Å². The fourth-order valence-corrected chi connectivity index (χ4v) is 6.43. The van der Waals surface area contributed by atoms with Gasteiger partial charge < -0.3 is 13.3 Å². The van der Waals surface area contributed by atoms with Crippen LogP contribution in [0.2, 0.25) is 0 Å². The summed E-state index contributed by atoms with van der Waals surface area (Å²) in [7, 11) is 0. The second kappa shape index (κ2) is 19.6. The Morgan fingerprint density at radius 3 is 0.873 bits per heavy atom. The van der Waals surface area contributed by atoms with Crippen LogP contribution in [-0.2, 0) is 0 Å². The van der Waals surface area contributed by atoms with Gasteiger partial charge in [0.2, 0.25) is 17.7 Å². The molecule has 0 saturated carbocycles. The maximum absolute atomic E-state index is 11.9. The average Bonchev–Trinajstić information content (AvgIpc) is 3.28. The summed E-state index contributed by atoms with van der Waals surface area (Å²) in [6.07, 6.45) is 10.8. The fourth-order valence-electron chi connectivity index (χ4n) is 6.43. The number of fused-ring (bicyclic) bond motifs is 3. The lowest BCUT2D eigenvalue weighted by Gasteiger charge is -2.01. The standard InChI is InChI=1S/3C18H15NO2/c3*1-12-7-8-14(11-13(12)2)9-10-17-19-16-6-4-3-5-15(16)18(20)21-17/h3*3-11H,1-2H3/b3*10-9+. The molecule has 3 aromatic heterocycles. The van der Waals surface area contributed by atoms with Crippen LogP contribution in [0.1, 0.15) is 67.7 Å². The summed E-state index contributed by atoms with van der Waals surface area (Å²) < 4.78 is 15.6. The number of aryl methyl sites for hydroxylation is 6. The SMILES string of the molecule is Cc1ccc(/C=C/c2nc3ccccc3c(=O)o2)cc1C.Cc1ccc(/C=C/c2nc3ccccc3c(=O)o2)cc1C.Cc1ccc(/C=C/c2nc3ccccc3c(=O)o2)cc1C. The molecule has 0 atom stereocenters. The molecule has 0 radical (unpaired) electrons. The van der Waals surface area contributed by atoms with Gasteiger partial charge in [0.15, 0.2) is 0 Å². The number of aromatic nitrogens is 3. The molecule has 9 heteroatoms. The zero-order chi connectivity index (χ0) is 44.5. The topological polar surface area (TPSA) is 129 Å². The molecule has 9 rings (SSSR count). The molecule has 0 aliphatic carbocycles. The Hall–Kier alpha value is -8.04. The molecule has 0 bridgehead atoms. The number of benzene rings is 6. The van der Waals surface area contributed by atoms with E-state index in [0.29, 0.717) is 50.4 Å². The Bertz CT molecular complexity index is 3030. The molecule has 9 aromatic rings. The van der Waals surface area contributed by atoms with Crippen molar-refractivity contribution < 1.29 is 13.3 Å². The van der Waals surface area contributed by atoms with Crippen LogP contribution in [0.25, 0.3) is 69.2 Å². The number of nitrogens with zero attached hydrogens (tertiary/aromatic N) is 3. The van der Waals surface area contributed by atoms with Crippen molar-refractivity contribution in [3.63, 3.8) is 0 Å². The Morgan fingerprint density at radius 1 is 0.333 bits per heavy atom. The Morgan fingerprint density at radius 2 is 0.603 bits per heavy atom. The minimum absolute atomic E-state index is 0.317. The van der Waals surface area contributed by atoms with E-state index in [-0.39, 0.29) is 16.9 Å².